The van der Waals surface area contributed by atoms with E-state index in [0.717, 1.165) is 71.6 Å². The van der Waals surface area contributed by atoms with Gasteiger partial charge in [0.15, 0.2) is 0 Å². The topological polar surface area (TPSA) is 53.1 Å². The summed E-state index contributed by atoms with van der Waals surface area (Å²) in [5, 5.41) is 0. The lowest BCUT2D eigenvalue weighted by Crippen LogP contribution is -2.54. The molecule has 24 heavy (non-hydrogen) atoms. The molecule has 0 radical (unpaired) electrons. The van der Waals surface area contributed by atoms with Crippen molar-refractivity contribution in [2.75, 3.05) is 52.5 Å². The van der Waals surface area contributed by atoms with E-state index in [-0.39, 0.29) is 17.9 Å². The zero-order valence-electron chi connectivity index (χ0n) is 14.9. The second-order valence-electron chi connectivity index (χ2n) is 7.25. The molecule has 3 aliphatic rings. The molecule has 1 atom stereocenters. The number of piperidine rings is 1. The molecule has 3 fully saturated rings. The molecule has 3 rings (SSSR count). The first-order valence-corrected chi connectivity index (χ1v) is 9.57. The van der Waals surface area contributed by atoms with E-state index in [9.17, 15) is 9.59 Å². The molecule has 0 aromatic rings. The van der Waals surface area contributed by atoms with Gasteiger partial charge in [-0.3, -0.25) is 14.5 Å². The van der Waals surface area contributed by atoms with Crippen molar-refractivity contribution in [2.24, 2.45) is 5.92 Å². The lowest BCUT2D eigenvalue weighted by Gasteiger charge is -2.40. The van der Waals surface area contributed by atoms with Crippen molar-refractivity contribution in [3.05, 3.63) is 0 Å². The van der Waals surface area contributed by atoms with Crippen LogP contribution in [0.1, 0.15) is 39.0 Å². The van der Waals surface area contributed by atoms with Crippen LogP contribution in [0.3, 0.4) is 0 Å². The van der Waals surface area contributed by atoms with Crippen LogP contribution in [0.4, 0.5) is 0 Å². The van der Waals surface area contributed by atoms with Gasteiger partial charge in [-0.05, 0) is 25.7 Å². The van der Waals surface area contributed by atoms with Crippen molar-refractivity contribution in [2.45, 2.75) is 45.1 Å². The summed E-state index contributed by atoms with van der Waals surface area (Å²) in [6.45, 7) is 8.67. The summed E-state index contributed by atoms with van der Waals surface area (Å²) in [6.07, 6.45) is 4.66. The van der Waals surface area contributed by atoms with Gasteiger partial charge in [-0.2, -0.15) is 0 Å². The Morgan fingerprint density at radius 1 is 1.12 bits per heavy atom. The fourth-order valence-electron chi connectivity index (χ4n) is 3.77. The number of hydrogen-bond donors (Lipinski definition) is 0. The molecule has 0 aromatic heterocycles. The van der Waals surface area contributed by atoms with Crippen molar-refractivity contribution < 1.29 is 14.3 Å². The monoisotopic (exact) mass is 337 g/mol. The van der Waals surface area contributed by atoms with Gasteiger partial charge >= 0.3 is 0 Å². The summed E-state index contributed by atoms with van der Waals surface area (Å²) in [7, 11) is 0. The highest BCUT2D eigenvalue weighted by atomic mass is 16.5. The van der Waals surface area contributed by atoms with E-state index in [4.69, 9.17) is 4.74 Å². The number of rotatable bonds is 6. The summed E-state index contributed by atoms with van der Waals surface area (Å²) in [4.78, 5) is 31.3. The van der Waals surface area contributed by atoms with Crippen LogP contribution in [0.2, 0.25) is 0 Å². The van der Waals surface area contributed by atoms with Gasteiger partial charge in [0.1, 0.15) is 0 Å². The predicted octanol–water partition coefficient (Wildman–Crippen LogP) is 0.958. The molecule has 0 spiro atoms. The van der Waals surface area contributed by atoms with Crippen LogP contribution in [0.25, 0.3) is 0 Å². The van der Waals surface area contributed by atoms with Crippen molar-refractivity contribution in [1.82, 2.24) is 14.7 Å². The highest BCUT2D eigenvalue weighted by molar-refractivity contribution is 5.81. The number of morpholine rings is 1. The van der Waals surface area contributed by atoms with Gasteiger partial charge in [-0.1, -0.05) is 6.92 Å². The van der Waals surface area contributed by atoms with E-state index in [2.05, 4.69) is 9.80 Å². The van der Waals surface area contributed by atoms with Gasteiger partial charge in [0.25, 0.3) is 0 Å². The minimum absolute atomic E-state index is 0.198. The van der Waals surface area contributed by atoms with Crippen LogP contribution >= 0.6 is 0 Å². The molecule has 1 aliphatic carbocycles. The number of amides is 2. The SMILES string of the molecule is CCC(=O)N1CCCC(N(CCN2CCOCC2)C(=O)C2CC2)C1. The average molecular weight is 337 g/mol. The number of hydrogen-bond acceptors (Lipinski definition) is 4. The largest absolute Gasteiger partial charge is 0.379 e. The maximum Gasteiger partial charge on any atom is 0.226 e. The standard InChI is InChI=1S/C18H31N3O3/c1-2-17(22)20-7-3-4-16(14-20)21(18(23)15-5-6-15)9-8-19-10-12-24-13-11-19/h15-16H,2-14H2,1H3. The van der Waals surface area contributed by atoms with E-state index in [1.54, 1.807) is 0 Å². The molecule has 2 saturated heterocycles. The molecular weight excluding hydrogens is 306 g/mol. The molecule has 2 heterocycles. The van der Waals surface area contributed by atoms with Crippen LogP contribution in [0.5, 0.6) is 0 Å². The zero-order chi connectivity index (χ0) is 16.9. The summed E-state index contributed by atoms with van der Waals surface area (Å²) in [6, 6.07) is 0.198. The number of carbonyl (C=O) groups excluding carboxylic acids is 2. The number of carbonyl (C=O) groups is 2. The molecule has 2 amide bonds. The molecule has 0 N–H and O–H groups in total. The van der Waals surface area contributed by atoms with Gasteiger partial charge in [0.05, 0.1) is 13.2 Å². The Labute approximate surface area is 145 Å². The van der Waals surface area contributed by atoms with Crippen LogP contribution in [-0.4, -0.2) is 85.0 Å². The van der Waals surface area contributed by atoms with E-state index in [1.165, 1.54) is 0 Å². The first kappa shape index (κ1) is 17.7. The van der Waals surface area contributed by atoms with Crippen LogP contribution in [0.15, 0.2) is 0 Å². The fraction of sp³-hybridized carbons (Fsp3) is 0.889. The lowest BCUT2D eigenvalue weighted by atomic mass is 10.0. The molecular formula is C18H31N3O3. The maximum absolute atomic E-state index is 12.8. The van der Waals surface area contributed by atoms with Crippen molar-refractivity contribution >= 4 is 11.8 Å². The molecule has 0 bridgehead atoms. The molecule has 1 saturated carbocycles. The van der Waals surface area contributed by atoms with Crippen molar-refractivity contribution in [3.63, 3.8) is 0 Å². The Bertz CT molecular complexity index is 447. The molecule has 136 valence electrons. The Balaban J connectivity index is 1.60. The highest BCUT2D eigenvalue weighted by Gasteiger charge is 2.38. The van der Waals surface area contributed by atoms with Gasteiger partial charge in [-0.25, -0.2) is 0 Å². The predicted molar refractivity (Wildman–Crippen MR) is 91.6 cm³/mol. The summed E-state index contributed by atoms with van der Waals surface area (Å²) < 4.78 is 5.40. The Hall–Kier alpha value is -1.14. The highest BCUT2D eigenvalue weighted by Crippen LogP contribution is 2.32. The van der Waals surface area contributed by atoms with E-state index in [0.29, 0.717) is 18.9 Å². The van der Waals surface area contributed by atoms with Crippen molar-refractivity contribution in [3.8, 4) is 0 Å². The van der Waals surface area contributed by atoms with Gasteiger partial charge in [-0.15, -0.1) is 0 Å². The third kappa shape index (κ3) is 4.48. The third-order valence-corrected chi connectivity index (χ3v) is 5.46. The van der Waals surface area contributed by atoms with E-state index < -0.39 is 0 Å². The zero-order valence-corrected chi connectivity index (χ0v) is 14.9. The van der Waals surface area contributed by atoms with Crippen molar-refractivity contribution in [1.29, 1.82) is 0 Å². The van der Waals surface area contributed by atoms with Crippen LogP contribution in [0, 0.1) is 5.92 Å². The second-order valence-corrected chi connectivity index (χ2v) is 7.25. The summed E-state index contributed by atoms with van der Waals surface area (Å²) >= 11 is 0. The average Bonchev–Trinajstić information content (AvgIpc) is 3.47. The first-order valence-electron chi connectivity index (χ1n) is 9.57. The fourth-order valence-corrected chi connectivity index (χ4v) is 3.77. The quantitative estimate of drug-likeness (QED) is 0.724. The number of nitrogens with zero attached hydrogens (tertiary/aromatic N) is 3. The Morgan fingerprint density at radius 2 is 1.88 bits per heavy atom. The second kappa shape index (κ2) is 8.30. The number of likely N-dealkylation sites (tertiary alicyclic amines) is 1. The first-order chi connectivity index (χ1) is 11.7. The molecule has 1 unspecified atom stereocenters. The molecule has 2 aliphatic heterocycles. The molecule has 6 heteroatoms. The smallest absolute Gasteiger partial charge is 0.226 e. The Morgan fingerprint density at radius 3 is 2.54 bits per heavy atom. The summed E-state index contributed by atoms with van der Waals surface area (Å²) in [5.74, 6) is 0.776. The molecule has 0 aromatic carbocycles. The van der Waals surface area contributed by atoms with E-state index in [1.807, 2.05) is 11.8 Å². The Kier molecular flexibility index (Phi) is 6.11. The lowest BCUT2D eigenvalue weighted by molar-refractivity contribution is -0.140. The number of ether oxygens (including phenoxy) is 1. The minimum Gasteiger partial charge on any atom is -0.379 e. The third-order valence-electron chi connectivity index (χ3n) is 5.46. The van der Waals surface area contributed by atoms with Crippen LogP contribution in [-0.2, 0) is 14.3 Å². The van der Waals surface area contributed by atoms with Gasteiger partial charge in [0.2, 0.25) is 11.8 Å². The normalized spacial score (nSPS) is 25.5. The van der Waals surface area contributed by atoms with Crippen LogP contribution < -0.4 is 0 Å². The minimum atomic E-state index is 0.198. The summed E-state index contributed by atoms with van der Waals surface area (Å²) in [5.41, 5.74) is 0. The van der Waals surface area contributed by atoms with Gasteiger partial charge < -0.3 is 14.5 Å². The van der Waals surface area contributed by atoms with Gasteiger partial charge in [0, 0.05) is 57.6 Å². The maximum atomic E-state index is 12.8. The van der Waals surface area contributed by atoms with E-state index >= 15 is 0 Å². The molecule has 6 nitrogen and oxygen atoms in total.